The number of amides is 1. The molecule has 2 aromatic heterocycles. The van der Waals surface area contributed by atoms with E-state index in [-0.39, 0.29) is 17.9 Å². The predicted molar refractivity (Wildman–Crippen MR) is 135 cm³/mol. The first-order valence-electron chi connectivity index (χ1n) is 11.8. The van der Waals surface area contributed by atoms with E-state index >= 15 is 0 Å². The van der Waals surface area contributed by atoms with E-state index in [0.717, 1.165) is 24.2 Å². The SMILES string of the molecule is CC.CC1=CC=C(n2nccn2)C(C(=O)N2CCN(c3nc4cc(Cl)ccc4o3)CC[C@H]2C)C1. The third kappa shape index (κ3) is 4.87. The first-order valence-corrected chi connectivity index (χ1v) is 12.2. The van der Waals surface area contributed by atoms with Gasteiger partial charge < -0.3 is 14.2 Å². The molecule has 8 nitrogen and oxygen atoms in total. The summed E-state index contributed by atoms with van der Waals surface area (Å²) >= 11 is 6.09. The molecule has 0 saturated carbocycles. The molecule has 0 N–H and O–H groups in total. The van der Waals surface area contributed by atoms with Crippen LogP contribution in [0.4, 0.5) is 6.01 Å². The number of allylic oxidation sites excluding steroid dienone is 3. The van der Waals surface area contributed by atoms with Crippen molar-refractivity contribution in [1.82, 2.24) is 24.9 Å². The van der Waals surface area contributed by atoms with Gasteiger partial charge in [-0.05, 0) is 51.0 Å². The van der Waals surface area contributed by atoms with Crippen molar-refractivity contribution in [2.24, 2.45) is 5.92 Å². The van der Waals surface area contributed by atoms with Crippen LogP contribution >= 0.6 is 11.6 Å². The highest BCUT2D eigenvalue weighted by Crippen LogP contribution is 2.31. The van der Waals surface area contributed by atoms with Gasteiger partial charge in [-0.25, -0.2) is 0 Å². The summed E-state index contributed by atoms with van der Waals surface area (Å²) in [6.45, 7) is 10.2. The van der Waals surface area contributed by atoms with Crippen LogP contribution in [0.3, 0.4) is 0 Å². The Hall–Kier alpha value is -3.13. The fourth-order valence-electron chi connectivity index (χ4n) is 4.41. The minimum Gasteiger partial charge on any atom is -0.423 e. The number of rotatable bonds is 3. The Labute approximate surface area is 204 Å². The smallest absolute Gasteiger partial charge is 0.298 e. The van der Waals surface area contributed by atoms with Crippen molar-refractivity contribution in [3.05, 3.63) is 53.3 Å². The molecule has 0 radical (unpaired) electrons. The van der Waals surface area contributed by atoms with Crippen molar-refractivity contribution in [2.75, 3.05) is 24.5 Å². The van der Waals surface area contributed by atoms with E-state index < -0.39 is 0 Å². The van der Waals surface area contributed by atoms with Gasteiger partial charge in [0.15, 0.2) is 5.58 Å². The zero-order valence-corrected chi connectivity index (χ0v) is 20.9. The predicted octanol–water partition coefficient (Wildman–Crippen LogP) is 5.03. The van der Waals surface area contributed by atoms with Gasteiger partial charge in [0.05, 0.1) is 24.0 Å². The minimum atomic E-state index is -0.298. The maximum absolute atomic E-state index is 13.7. The molecule has 180 valence electrons. The molecule has 1 aliphatic carbocycles. The minimum absolute atomic E-state index is 0.101. The van der Waals surface area contributed by atoms with E-state index in [4.69, 9.17) is 16.0 Å². The molecule has 0 spiro atoms. The topological polar surface area (TPSA) is 80.3 Å². The third-order valence-electron chi connectivity index (χ3n) is 6.22. The Morgan fingerprint density at radius 3 is 2.65 bits per heavy atom. The molecule has 3 heterocycles. The quantitative estimate of drug-likeness (QED) is 0.520. The van der Waals surface area contributed by atoms with Crippen LogP contribution in [0.2, 0.25) is 5.02 Å². The highest BCUT2D eigenvalue weighted by molar-refractivity contribution is 6.31. The summed E-state index contributed by atoms with van der Waals surface area (Å²) in [4.78, 5) is 24.0. The lowest BCUT2D eigenvalue weighted by molar-refractivity contribution is -0.135. The molecular formula is C25H31ClN6O2. The molecule has 1 aliphatic heterocycles. The summed E-state index contributed by atoms with van der Waals surface area (Å²) in [6.07, 6.45) is 8.76. The van der Waals surface area contributed by atoms with Gasteiger partial charge in [-0.15, -0.1) is 0 Å². The van der Waals surface area contributed by atoms with Crippen LogP contribution in [0.5, 0.6) is 0 Å². The summed E-state index contributed by atoms with van der Waals surface area (Å²) in [5.74, 6) is -0.187. The lowest BCUT2D eigenvalue weighted by Gasteiger charge is -2.32. The number of aromatic nitrogens is 4. The molecule has 2 atom stereocenters. The van der Waals surface area contributed by atoms with Crippen LogP contribution < -0.4 is 4.90 Å². The first kappa shape index (κ1) is 24.0. The van der Waals surface area contributed by atoms with Crippen molar-refractivity contribution >= 4 is 40.3 Å². The molecule has 3 aromatic rings. The molecule has 34 heavy (non-hydrogen) atoms. The van der Waals surface area contributed by atoms with Crippen LogP contribution in [0.25, 0.3) is 16.8 Å². The molecule has 1 saturated heterocycles. The van der Waals surface area contributed by atoms with Crippen molar-refractivity contribution in [1.29, 1.82) is 0 Å². The fourth-order valence-corrected chi connectivity index (χ4v) is 4.58. The summed E-state index contributed by atoms with van der Waals surface area (Å²) < 4.78 is 5.96. The van der Waals surface area contributed by atoms with Gasteiger partial charge >= 0.3 is 0 Å². The van der Waals surface area contributed by atoms with E-state index in [1.165, 1.54) is 5.57 Å². The molecule has 1 fully saturated rings. The molecular weight excluding hydrogens is 452 g/mol. The number of nitrogens with zero attached hydrogens (tertiary/aromatic N) is 6. The van der Waals surface area contributed by atoms with Gasteiger partial charge in [0.25, 0.3) is 6.01 Å². The number of oxazole rings is 1. The molecule has 1 aromatic carbocycles. The molecule has 9 heteroatoms. The Morgan fingerprint density at radius 1 is 1.12 bits per heavy atom. The highest BCUT2D eigenvalue weighted by Gasteiger charge is 2.35. The van der Waals surface area contributed by atoms with Gasteiger partial charge in [0, 0.05) is 30.7 Å². The Kier molecular flexibility index (Phi) is 7.36. The van der Waals surface area contributed by atoms with Crippen LogP contribution in [-0.2, 0) is 4.79 Å². The van der Waals surface area contributed by atoms with E-state index in [2.05, 4.69) is 33.9 Å². The maximum atomic E-state index is 13.7. The Balaban J connectivity index is 0.00000133. The van der Waals surface area contributed by atoms with Crippen molar-refractivity contribution in [3.63, 3.8) is 0 Å². The van der Waals surface area contributed by atoms with Gasteiger partial charge in [-0.1, -0.05) is 37.1 Å². The van der Waals surface area contributed by atoms with Crippen LogP contribution in [0.15, 0.2) is 52.7 Å². The summed E-state index contributed by atoms with van der Waals surface area (Å²) in [5, 5.41) is 9.15. The molecule has 2 aliphatic rings. The fraction of sp³-hybridized carbons (Fsp3) is 0.440. The standard InChI is InChI=1S/C23H25ClN6O2.C2H6/c1-15-3-5-20(30-25-8-9-26-30)18(13-15)22(31)29-12-11-28(10-7-16(29)2)23-27-19-14-17(24)4-6-21(19)32-23;1-2/h3-6,8-9,14,16,18H,7,10-13H2,1-2H3;1-2H3/t16-,18?;/m1./s1. The summed E-state index contributed by atoms with van der Waals surface area (Å²) in [6, 6.07) is 6.10. The number of fused-ring (bicyclic) bond motifs is 1. The van der Waals surface area contributed by atoms with Crippen molar-refractivity contribution in [3.8, 4) is 0 Å². The Bertz CT molecular complexity index is 1200. The lowest BCUT2D eigenvalue weighted by atomic mass is 9.90. The first-order chi connectivity index (χ1) is 16.5. The van der Waals surface area contributed by atoms with Gasteiger partial charge in [0.2, 0.25) is 5.91 Å². The number of carbonyl (C=O) groups is 1. The van der Waals surface area contributed by atoms with Crippen molar-refractivity contribution in [2.45, 2.75) is 46.6 Å². The lowest BCUT2D eigenvalue weighted by Crippen LogP contribution is -2.44. The van der Waals surface area contributed by atoms with Gasteiger partial charge in [-0.3, -0.25) is 4.79 Å². The second-order valence-corrected chi connectivity index (χ2v) is 8.88. The normalized spacial score (nSPS) is 20.9. The zero-order valence-electron chi connectivity index (χ0n) is 20.1. The van der Waals surface area contributed by atoms with Crippen LogP contribution in [0, 0.1) is 5.92 Å². The number of anilines is 1. The van der Waals surface area contributed by atoms with Crippen LogP contribution in [0.1, 0.15) is 40.5 Å². The average molecular weight is 483 g/mol. The average Bonchev–Trinajstić information content (AvgIpc) is 3.48. The number of halogens is 1. The second-order valence-electron chi connectivity index (χ2n) is 8.44. The van der Waals surface area contributed by atoms with Crippen molar-refractivity contribution < 1.29 is 9.21 Å². The largest absolute Gasteiger partial charge is 0.423 e. The van der Waals surface area contributed by atoms with Crippen LogP contribution in [-0.4, -0.2) is 56.5 Å². The second kappa shape index (κ2) is 10.4. The number of hydrogen-bond donors (Lipinski definition) is 0. The van der Waals surface area contributed by atoms with E-state index in [1.54, 1.807) is 29.3 Å². The molecule has 0 bridgehead atoms. The van der Waals surface area contributed by atoms with Gasteiger partial charge in [0.1, 0.15) is 5.52 Å². The molecule has 1 amide bonds. The number of benzene rings is 1. The summed E-state index contributed by atoms with van der Waals surface area (Å²) in [7, 11) is 0. The Morgan fingerprint density at radius 2 is 1.88 bits per heavy atom. The number of carbonyl (C=O) groups excluding carboxylic acids is 1. The third-order valence-corrected chi connectivity index (χ3v) is 6.46. The van der Waals surface area contributed by atoms with Gasteiger partial charge in [-0.2, -0.15) is 20.0 Å². The zero-order chi connectivity index (χ0) is 24.2. The summed E-state index contributed by atoms with van der Waals surface area (Å²) in [5.41, 5.74) is 3.44. The number of hydrogen-bond acceptors (Lipinski definition) is 6. The molecule has 1 unspecified atom stereocenters. The maximum Gasteiger partial charge on any atom is 0.298 e. The van der Waals surface area contributed by atoms with E-state index in [9.17, 15) is 4.79 Å². The highest BCUT2D eigenvalue weighted by atomic mass is 35.5. The van der Waals surface area contributed by atoms with E-state index in [1.807, 2.05) is 37.0 Å². The molecule has 5 rings (SSSR count). The monoisotopic (exact) mass is 482 g/mol. The van der Waals surface area contributed by atoms with E-state index in [0.29, 0.717) is 36.1 Å².